The Hall–Kier alpha value is -1.72. The lowest BCUT2D eigenvalue weighted by Gasteiger charge is -2.35. The highest BCUT2D eigenvalue weighted by Gasteiger charge is 2.45. The van der Waals surface area contributed by atoms with E-state index in [1.807, 2.05) is 30.3 Å². The maximum atomic E-state index is 12.1. The predicted molar refractivity (Wildman–Crippen MR) is 70.0 cm³/mol. The summed E-state index contributed by atoms with van der Waals surface area (Å²) in [6, 6.07) is 8.68. The molecule has 0 heterocycles. The molecule has 0 spiro atoms. The first-order chi connectivity index (χ1) is 9.02. The number of carbonyl (C=O) groups is 2. The SMILES string of the molecule is NC1CC(=O)CCC1(N)C(=O)OCc1ccccc1. The lowest BCUT2D eigenvalue weighted by atomic mass is 9.78. The standard InChI is InChI=1S/C14H18N2O3/c15-12-8-11(17)6-7-14(12,16)13(18)19-9-10-4-2-1-3-5-10/h1-5,12H,6-9,15-16H2. The van der Waals surface area contributed by atoms with E-state index in [4.69, 9.17) is 16.2 Å². The van der Waals surface area contributed by atoms with Gasteiger partial charge in [-0.3, -0.25) is 4.79 Å². The van der Waals surface area contributed by atoms with Gasteiger partial charge in [-0.1, -0.05) is 30.3 Å². The number of hydrogen-bond acceptors (Lipinski definition) is 5. The van der Waals surface area contributed by atoms with E-state index in [0.717, 1.165) is 5.56 Å². The Morgan fingerprint density at radius 1 is 1.37 bits per heavy atom. The molecule has 5 nitrogen and oxygen atoms in total. The van der Waals surface area contributed by atoms with Crippen LogP contribution in [0.25, 0.3) is 0 Å². The largest absolute Gasteiger partial charge is 0.459 e. The number of benzene rings is 1. The predicted octanol–water partition coefficient (Wildman–Crippen LogP) is 0.508. The molecule has 19 heavy (non-hydrogen) atoms. The summed E-state index contributed by atoms with van der Waals surface area (Å²) in [6.45, 7) is 0.166. The van der Waals surface area contributed by atoms with Crippen molar-refractivity contribution >= 4 is 11.8 Å². The Bertz CT molecular complexity index is 475. The summed E-state index contributed by atoms with van der Waals surface area (Å²) in [5.74, 6) is -0.485. The molecule has 0 bridgehead atoms. The first-order valence-electron chi connectivity index (χ1n) is 6.29. The minimum Gasteiger partial charge on any atom is -0.459 e. The van der Waals surface area contributed by atoms with Crippen LogP contribution in [0.4, 0.5) is 0 Å². The highest BCUT2D eigenvalue weighted by molar-refractivity contribution is 5.88. The summed E-state index contributed by atoms with van der Waals surface area (Å²) >= 11 is 0. The van der Waals surface area contributed by atoms with Crippen molar-refractivity contribution in [1.29, 1.82) is 0 Å². The minimum absolute atomic E-state index is 0.0458. The van der Waals surface area contributed by atoms with Gasteiger partial charge in [0.2, 0.25) is 0 Å². The fourth-order valence-corrected chi connectivity index (χ4v) is 2.17. The maximum absolute atomic E-state index is 12.1. The molecule has 4 N–H and O–H groups in total. The van der Waals surface area contributed by atoms with E-state index < -0.39 is 17.6 Å². The van der Waals surface area contributed by atoms with Gasteiger partial charge >= 0.3 is 5.97 Å². The quantitative estimate of drug-likeness (QED) is 0.774. The number of esters is 1. The Balaban J connectivity index is 1.97. The Labute approximate surface area is 111 Å². The summed E-state index contributed by atoms with van der Waals surface area (Å²) in [7, 11) is 0. The molecule has 102 valence electrons. The van der Waals surface area contributed by atoms with Gasteiger partial charge in [0.1, 0.15) is 17.9 Å². The molecule has 1 aromatic carbocycles. The highest BCUT2D eigenvalue weighted by Crippen LogP contribution is 2.24. The monoisotopic (exact) mass is 262 g/mol. The van der Waals surface area contributed by atoms with Gasteiger partial charge in [0.15, 0.2) is 0 Å². The molecular weight excluding hydrogens is 244 g/mol. The molecule has 1 fully saturated rings. The molecule has 1 aliphatic rings. The first kappa shape index (κ1) is 13.7. The van der Waals surface area contributed by atoms with Crippen molar-refractivity contribution < 1.29 is 14.3 Å². The Morgan fingerprint density at radius 3 is 2.68 bits per heavy atom. The van der Waals surface area contributed by atoms with Gasteiger partial charge in [0.25, 0.3) is 0 Å². The smallest absolute Gasteiger partial charge is 0.328 e. The zero-order valence-corrected chi connectivity index (χ0v) is 10.7. The Morgan fingerprint density at radius 2 is 2.05 bits per heavy atom. The van der Waals surface area contributed by atoms with E-state index in [-0.39, 0.29) is 31.7 Å². The summed E-state index contributed by atoms with van der Waals surface area (Å²) in [5, 5.41) is 0. The fraction of sp³-hybridized carbons (Fsp3) is 0.429. The van der Waals surface area contributed by atoms with Crippen LogP contribution >= 0.6 is 0 Å². The number of carbonyl (C=O) groups excluding carboxylic acids is 2. The highest BCUT2D eigenvalue weighted by atomic mass is 16.5. The molecule has 1 aromatic rings. The molecule has 0 aromatic heterocycles. The van der Waals surface area contributed by atoms with Crippen LogP contribution in [0.15, 0.2) is 30.3 Å². The molecule has 2 unspecified atom stereocenters. The molecule has 0 radical (unpaired) electrons. The zero-order valence-electron chi connectivity index (χ0n) is 10.7. The van der Waals surface area contributed by atoms with Crippen molar-refractivity contribution in [3.05, 3.63) is 35.9 Å². The second-order valence-corrected chi connectivity index (χ2v) is 4.95. The summed E-state index contributed by atoms with van der Waals surface area (Å²) in [4.78, 5) is 23.3. The van der Waals surface area contributed by atoms with Crippen LogP contribution in [0.2, 0.25) is 0 Å². The lowest BCUT2D eigenvalue weighted by Crippen LogP contribution is -2.64. The fourth-order valence-electron chi connectivity index (χ4n) is 2.17. The molecule has 1 saturated carbocycles. The zero-order chi connectivity index (χ0) is 13.9. The second kappa shape index (κ2) is 5.50. The van der Waals surface area contributed by atoms with Gasteiger partial charge in [-0.15, -0.1) is 0 Å². The number of rotatable bonds is 3. The summed E-state index contributed by atoms with van der Waals surface area (Å²) < 4.78 is 5.22. The molecule has 5 heteroatoms. The van der Waals surface area contributed by atoms with Crippen LogP contribution in [0.3, 0.4) is 0 Å². The average molecular weight is 262 g/mol. The number of ketones is 1. The van der Waals surface area contributed by atoms with E-state index in [2.05, 4.69) is 0 Å². The van der Waals surface area contributed by atoms with Crippen LogP contribution in [0.1, 0.15) is 24.8 Å². The second-order valence-electron chi connectivity index (χ2n) is 4.95. The molecule has 2 atom stereocenters. The van der Waals surface area contributed by atoms with Gasteiger partial charge in [0, 0.05) is 18.9 Å². The molecule has 0 amide bonds. The number of ether oxygens (including phenoxy) is 1. The van der Waals surface area contributed by atoms with E-state index in [0.29, 0.717) is 0 Å². The third-order valence-electron chi connectivity index (χ3n) is 3.52. The molecule has 2 rings (SSSR count). The van der Waals surface area contributed by atoms with E-state index in [9.17, 15) is 9.59 Å². The van der Waals surface area contributed by atoms with Crippen LogP contribution in [0, 0.1) is 0 Å². The van der Waals surface area contributed by atoms with E-state index >= 15 is 0 Å². The molecule has 0 aliphatic heterocycles. The van der Waals surface area contributed by atoms with Gasteiger partial charge in [0.05, 0.1) is 0 Å². The summed E-state index contributed by atoms with van der Waals surface area (Å²) in [6.07, 6.45) is 0.669. The maximum Gasteiger partial charge on any atom is 0.328 e. The van der Waals surface area contributed by atoms with Crippen LogP contribution in [0.5, 0.6) is 0 Å². The molecule has 0 saturated heterocycles. The average Bonchev–Trinajstić information content (AvgIpc) is 2.42. The van der Waals surface area contributed by atoms with Crippen LogP contribution in [-0.2, 0) is 20.9 Å². The Kier molecular flexibility index (Phi) is 3.97. The third kappa shape index (κ3) is 3.00. The lowest BCUT2D eigenvalue weighted by molar-refractivity contribution is -0.154. The molecule has 1 aliphatic carbocycles. The topological polar surface area (TPSA) is 95.4 Å². The van der Waals surface area contributed by atoms with Gasteiger partial charge in [-0.05, 0) is 12.0 Å². The minimum atomic E-state index is -1.25. The van der Waals surface area contributed by atoms with Gasteiger partial charge in [-0.25, -0.2) is 4.79 Å². The summed E-state index contributed by atoms with van der Waals surface area (Å²) in [5.41, 5.74) is 11.5. The third-order valence-corrected chi connectivity index (χ3v) is 3.52. The van der Waals surface area contributed by atoms with E-state index in [1.54, 1.807) is 0 Å². The first-order valence-corrected chi connectivity index (χ1v) is 6.29. The number of hydrogen-bond donors (Lipinski definition) is 2. The van der Waals surface area contributed by atoms with E-state index in [1.165, 1.54) is 0 Å². The van der Waals surface area contributed by atoms with Crippen LogP contribution < -0.4 is 11.5 Å². The van der Waals surface area contributed by atoms with Gasteiger partial charge in [-0.2, -0.15) is 0 Å². The van der Waals surface area contributed by atoms with Crippen molar-refractivity contribution in [2.45, 2.75) is 37.5 Å². The van der Waals surface area contributed by atoms with Crippen LogP contribution in [-0.4, -0.2) is 23.3 Å². The van der Waals surface area contributed by atoms with Gasteiger partial charge < -0.3 is 16.2 Å². The number of Topliss-reactive ketones (excluding diaryl/α,β-unsaturated/α-hetero) is 1. The van der Waals surface area contributed by atoms with Crippen molar-refractivity contribution in [2.75, 3.05) is 0 Å². The van der Waals surface area contributed by atoms with Crippen molar-refractivity contribution in [1.82, 2.24) is 0 Å². The van der Waals surface area contributed by atoms with Crippen molar-refractivity contribution in [3.8, 4) is 0 Å². The normalized spacial score (nSPS) is 27.1. The van der Waals surface area contributed by atoms with Crippen molar-refractivity contribution in [2.24, 2.45) is 11.5 Å². The molecular formula is C14H18N2O3. The van der Waals surface area contributed by atoms with Crippen molar-refractivity contribution in [3.63, 3.8) is 0 Å². The number of nitrogens with two attached hydrogens (primary N) is 2.